The van der Waals surface area contributed by atoms with Gasteiger partial charge in [-0.3, -0.25) is 0 Å². The molecule has 0 aliphatic rings. The van der Waals surface area contributed by atoms with E-state index in [0.717, 1.165) is 39.4 Å². The van der Waals surface area contributed by atoms with Crippen molar-refractivity contribution < 1.29 is 4.74 Å². The predicted molar refractivity (Wildman–Crippen MR) is 191 cm³/mol. The molecule has 0 fully saturated rings. The van der Waals surface area contributed by atoms with Gasteiger partial charge in [0, 0.05) is 23.1 Å². The highest BCUT2D eigenvalue weighted by Gasteiger charge is 2.12. The lowest BCUT2D eigenvalue weighted by Crippen LogP contribution is -2.10. The van der Waals surface area contributed by atoms with E-state index in [4.69, 9.17) is 4.74 Å². The minimum atomic E-state index is 0.827. The average Bonchev–Trinajstić information content (AvgIpc) is 3.12. The number of rotatable bonds is 10. The Kier molecular flexibility index (Phi) is 9.45. The highest BCUT2D eigenvalue weighted by Crippen LogP contribution is 2.33. The number of ether oxygens (including phenoxy) is 1. The molecule has 0 saturated carbocycles. The van der Waals surface area contributed by atoms with Crippen LogP contribution >= 0.6 is 0 Å². The monoisotopic (exact) mass is 581 g/mol. The van der Waals surface area contributed by atoms with Gasteiger partial charge in [0.2, 0.25) is 0 Å². The molecule has 6 aromatic rings. The van der Waals surface area contributed by atoms with E-state index in [-0.39, 0.29) is 0 Å². The van der Waals surface area contributed by atoms with Crippen molar-refractivity contribution in [3.8, 4) is 5.75 Å². The molecule has 2 heteroatoms. The van der Waals surface area contributed by atoms with Crippen LogP contribution in [0.3, 0.4) is 0 Å². The minimum Gasteiger partial charge on any atom is -0.497 e. The summed E-state index contributed by atoms with van der Waals surface area (Å²) in [6, 6.07) is 59.0. The van der Waals surface area contributed by atoms with Gasteiger partial charge in [-0.2, -0.15) is 0 Å². The summed E-state index contributed by atoms with van der Waals surface area (Å²) in [4.78, 5) is 2.24. The highest BCUT2D eigenvalue weighted by atomic mass is 16.5. The van der Waals surface area contributed by atoms with E-state index in [1.54, 1.807) is 7.11 Å². The minimum absolute atomic E-state index is 0.827. The summed E-state index contributed by atoms with van der Waals surface area (Å²) >= 11 is 0. The van der Waals surface area contributed by atoms with Crippen molar-refractivity contribution in [3.05, 3.63) is 216 Å². The Labute approximate surface area is 266 Å². The van der Waals surface area contributed by atoms with E-state index in [1.165, 1.54) is 16.7 Å². The maximum Gasteiger partial charge on any atom is 0.119 e. The first-order valence-corrected chi connectivity index (χ1v) is 15.1. The van der Waals surface area contributed by atoms with Crippen molar-refractivity contribution >= 4 is 28.6 Å². The molecule has 6 aromatic carbocycles. The van der Waals surface area contributed by atoms with Crippen LogP contribution < -0.4 is 9.64 Å². The molecule has 0 atom stereocenters. The average molecular weight is 582 g/mol. The van der Waals surface area contributed by atoms with Crippen LogP contribution in [0.1, 0.15) is 27.8 Å². The molecule has 0 aliphatic carbocycles. The Hall–Kier alpha value is -5.86. The highest BCUT2D eigenvalue weighted by molar-refractivity contribution is 5.84. The van der Waals surface area contributed by atoms with E-state index in [1.807, 2.05) is 12.1 Å². The quantitative estimate of drug-likeness (QED) is 0.149. The molecular weight excluding hydrogens is 546 g/mol. The summed E-state index contributed by atoms with van der Waals surface area (Å²) in [6.07, 6.45) is 8.71. The summed E-state index contributed by atoms with van der Waals surface area (Å²) < 4.78 is 5.45. The van der Waals surface area contributed by atoms with Crippen molar-refractivity contribution in [2.75, 3.05) is 12.0 Å². The van der Waals surface area contributed by atoms with Crippen LogP contribution in [0.4, 0.5) is 11.4 Å². The van der Waals surface area contributed by atoms with Crippen LogP contribution in [0.2, 0.25) is 0 Å². The smallest absolute Gasteiger partial charge is 0.119 e. The summed E-state index contributed by atoms with van der Waals surface area (Å²) in [7, 11) is 1.69. The Balaban J connectivity index is 1.36. The SMILES string of the molecule is COc1ccc(N(C=C(c2ccccc2)c2ccccc2)c2ccc(C=CC=C(c3ccccc3)c3ccccc3)cc2)cc1. The van der Waals surface area contributed by atoms with Crippen LogP contribution in [-0.2, 0) is 0 Å². The van der Waals surface area contributed by atoms with Gasteiger partial charge in [0.25, 0.3) is 0 Å². The van der Waals surface area contributed by atoms with Crippen molar-refractivity contribution in [1.29, 1.82) is 0 Å². The third-order valence-electron chi connectivity index (χ3n) is 7.67. The zero-order valence-electron chi connectivity index (χ0n) is 25.3. The second-order valence-electron chi connectivity index (χ2n) is 10.6. The third-order valence-corrected chi connectivity index (χ3v) is 7.67. The van der Waals surface area contributed by atoms with E-state index in [9.17, 15) is 0 Å². The van der Waals surface area contributed by atoms with Crippen molar-refractivity contribution in [2.45, 2.75) is 0 Å². The second-order valence-corrected chi connectivity index (χ2v) is 10.6. The molecular formula is C43H35NO. The molecule has 45 heavy (non-hydrogen) atoms. The number of hydrogen-bond acceptors (Lipinski definition) is 2. The van der Waals surface area contributed by atoms with E-state index in [2.05, 4.69) is 187 Å². The molecule has 0 spiro atoms. The third kappa shape index (κ3) is 7.38. The molecule has 0 radical (unpaired) electrons. The maximum atomic E-state index is 5.45. The van der Waals surface area contributed by atoms with E-state index < -0.39 is 0 Å². The van der Waals surface area contributed by atoms with Gasteiger partial charge in [-0.1, -0.05) is 152 Å². The molecule has 6 rings (SSSR count). The maximum absolute atomic E-state index is 5.45. The molecule has 0 amide bonds. The summed E-state index contributed by atoms with van der Waals surface area (Å²) in [5, 5.41) is 0. The molecule has 0 aliphatic heterocycles. The van der Waals surface area contributed by atoms with Gasteiger partial charge in [0.05, 0.1) is 7.11 Å². The largest absolute Gasteiger partial charge is 0.497 e. The molecule has 0 N–H and O–H groups in total. The van der Waals surface area contributed by atoms with Gasteiger partial charge >= 0.3 is 0 Å². The Morgan fingerprint density at radius 1 is 0.467 bits per heavy atom. The van der Waals surface area contributed by atoms with Crippen molar-refractivity contribution in [3.63, 3.8) is 0 Å². The van der Waals surface area contributed by atoms with Gasteiger partial charge in [0.1, 0.15) is 5.75 Å². The van der Waals surface area contributed by atoms with Crippen LogP contribution in [0.25, 0.3) is 17.2 Å². The molecule has 0 bridgehead atoms. The first-order valence-electron chi connectivity index (χ1n) is 15.1. The van der Waals surface area contributed by atoms with Crippen molar-refractivity contribution in [2.24, 2.45) is 0 Å². The van der Waals surface area contributed by atoms with E-state index in [0.29, 0.717) is 0 Å². The lowest BCUT2D eigenvalue weighted by atomic mass is 9.97. The Morgan fingerprint density at radius 3 is 1.29 bits per heavy atom. The topological polar surface area (TPSA) is 12.5 Å². The van der Waals surface area contributed by atoms with Crippen LogP contribution in [0, 0.1) is 0 Å². The molecule has 2 nitrogen and oxygen atoms in total. The summed E-state index contributed by atoms with van der Waals surface area (Å²) in [6.45, 7) is 0. The molecule has 0 saturated heterocycles. The zero-order valence-corrected chi connectivity index (χ0v) is 25.3. The fourth-order valence-corrected chi connectivity index (χ4v) is 5.32. The fourth-order valence-electron chi connectivity index (χ4n) is 5.32. The number of benzene rings is 6. The van der Waals surface area contributed by atoms with Gasteiger partial charge < -0.3 is 9.64 Å². The number of hydrogen-bond donors (Lipinski definition) is 0. The Bertz CT molecular complexity index is 1790. The van der Waals surface area contributed by atoms with Crippen LogP contribution in [0.15, 0.2) is 188 Å². The fraction of sp³-hybridized carbons (Fsp3) is 0.0233. The zero-order chi connectivity index (χ0) is 30.7. The lowest BCUT2D eigenvalue weighted by molar-refractivity contribution is 0.415. The first kappa shape index (κ1) is 29.2. The molecule has 0 unspecified atom stereocenters. The standard InChI is InChI=1S/C43H35NO/c1-45-41-31-29-40(30-32-41)44(33-43(37-20-10-4-11-21-37)38-22-12-5-13-23-38)39-27-25-34(26-28-39)15-14-24-42(35-16-6-2-7-17-35)36-18-8-3-9-19-36/h2-33H,1H3. The molecule has 0 heterocycles. The van der Waals surface area contributed by atoms with Gasteiger partial charge in [-0.25, -0.2) is 0 Å². The van der Waals surface area contributed by atoms with Crippen LogP contribution in [-0.4, -0.2) is 7.11 Å². The van der Waals surface area contributed by atoms with Crippen LogP contribution in [0.5, 0.6) is 5.75 Å². The van der Waals surface area contributed by atoms with Crippen molar-refractivity contribution in [1.82, 2.24) is 0 Å². The molecule has 0 aromatic heterocycles. The first-order chi connectivity index (χ1) is 22.3. The number of methoxy groups -OCH3 is 1. The normalized spacial score (nSPS) is 10.7. The molecule has 218 valence electrons. The number of nitrogens with zero attached hydrogens (tertiary/aromatic N) is 1. The number of allylic oxidation sites excluding steroid dienone is 2. The summed E-state index contributed by atoms with van der Waals surface area (Å²) in [5.74, 6) is 0.827. The second kappa shape index (κ2) is 14.5. The Morgan fingerprint density at radius 2 is 0.867 bits per heavy atom. The number of anilines is 2. The van der Waals surface area contributed by atoms with E-state index >= 15 is 0 Å². The van der Waals surface area contributed by atoms with Gasteiger partial charge in [-0.15, -0.1) is 0 Å². The van der Waals surface area contributed by atoms with Gasteiger partial charge in [0.15, 0.2) is 0 Å². The predicted octanol–water partition coefficient (Wildman–Crippen LogP) is 11.1. The van der Waals surface area contributed by atoms with Gasteiger partial charge in [-0.05, 0) is 69.8 Å². The summed E-state index contributed by atoms with van der Waals surface area (Å²) in [5.41, 5.74) is 10.2. The lowest BCUT2D eigenvalue weighted by Gasteiger charge is -2.24.